The van der Waals surface area contributed by atoms with Crippen molar-refractivity contribution in [3.05, 3.63) is 22.7 Å². The van der Waals surface area contributed by atoms with E-state index in [1.807, 2.05) is 12.1 Å². The number of carbonyl (C=O) groups is 1. The van der Waals surface area contributed by atoms with Crippen LogP contribution in [0.2, 0.25) is 0 Å². The number of benzene rings is 1. The summed E-state index contributed by atoms with van der Waals surface area (Å²) in [7, 11) is 1.59. The van der Waals surface area contributed by atoms with Gasteiger partial charge in [0.15, 0.2) is 0 Å². The molecular formula is C11H16BrN3O2. The second-order valence-electron chi connectivity index (χ2n) is 3.43. The van der Waals surface area contributed by atoms with Gasteiger partial charge in [-0.15, -0.1) is 0 Å². The number of ether oxygens (including phenoxy) is 1. The molecule has 0 bridgehead atoms. The minimum absolute atomic E-state index is 0.0932. The number of carbonyl (C=O) groups excluding carboxylic acids is 1. The van der Waals surface area contributed by atoms with Crippen LogP contribution in [-0.2, 0) is 9.53 Å². The fraction of sp³-hybridized carbons (Fsp3) is 0.364. The molecule has 4 N–H and O–H groups in total. The number of nitrogen functional groups attached to an aromatic ring is 1. The molecule has 17 heavy (non-hydrogen) atoms. The third-order valence-corrected chi connectivity index (χ3v) is 2.57. The van der Waals surface area contributed by atoms with E-state index in [9.17, 15) is 4.79 Å². The van der Waals surface area contributed by atoms with Gasteiger partial charge in [-0.3, -0.25) is 4.79 Å². The number of nitrogens with two attached hydrogens (primary N) is 1. The summed E-state index contributed by atoms with van der Waals surface area (Å²) >= 11 is 3.32. The number of methoxy groups -OCH3 is 1. The summed E-state index contributed by atoms with van der Waals surface area (Å²) < 4.78 is 5.73. The van der Waals surface area contributed by atoms with E-state index in [0.29, 0.717) is 18.8 Å². The number of nitrogens with one attached hydrogen (secondary N) is 2. The largest absolute Gasteiger partial charge is 0.397 e. The maximum atomic E-state index is 11.4. The molecule has 6 heteroatoms. The first-order valence-corrected chi connectivity index (χ1v) is 5.97. The van der Waals surface area contributed by atoms with E-state index < -0.39 is 0 Å². The second kappa shape index (κ2) is 7.13. The summed E-state index contributed by atoms with van der Waals surface area (Å²) in [5.74, 6) is -0.0932. The Bertz CT molecular complexity index is 385. The maximum Gasteiger partial charge on any atom is 0.239 e. The summed E-state index contributed by atoms with van der Waals surface area (Å²) in [4.78, 5) is 11.4. The van der Waals surface area contributed by atoms with Crippen LogP contribution in [0.3, 0.4) is 0 Å². The molecule has 5 nitrogen and oxygen atoms in total. The van der Waals surface area contributed by atoms with E-state index in [2.05, 4.69) is 26.6 Å². The van der Waals surface area contributed by atoms with Crippen molar-refractivity contribution in [3.63, 3.8) is 0 Å². The third-order valence-electron chi connectivity index (χ3n) is 2.08. The van der Waals surface area contributed by atoms with Gasteiger partial charge in [0.25, 0.3) is 0 Å². The first-order chi connectivity index (χ1) is 8.13. The van der Waals surface area contributed by atoms with Crippen LogP contribution in [0.15, 0.2) is 22.7 Å². The molecule has 0 fully saturated rings. The molecule has 1 aromatic rings. The Morgan fingerprint density at radius 2 is 2.29 bits per heavy atom. The first kappa shape index (κ1) is 13.8. The van der Waals surface area contributed by atoms with Gasteiger partial charge in [0.1, 0.15) is 0 Å². The summed E-state index contributed by atoms with van der Waals surface area (Å²) in [5, 5.41) is 5.68. The molecule has 0 heterocycles. The standard InChI is InChI=1S/C11H16BrN3O2/c1-17-5-4-14-11(16)7-15-10-3-2-8(12)6-9(10)13/h2-3,6,15H,4-5,7,13H2,1H3,(H,14,16). The monoisotopic (exact) mass is 301 g/mol. The highest BCUT2D eigenvalue weighted by Gasteiger charge is 2.03. The molecule has 94 valence electrons. The van der Waals surface area contributed by atoms with Crippen molar-refractivity contribution in [1.29, 1.82) is 0 Å². The van der Waals surface area contributed by atoms with E-state index in [1.54, 1.807) is 13.2 Å². The molecule has 0 unspecified atom stereocenters. The van der Waals surface area contributed by atoms with Gasteiger partial charge in [0, 0.05) is 18.1 Å². The Balaban J connectivity index is 2.37. The zero-order valence-corrected chi connectivity index (χ0v) is 11.2. The molecule has 0 spiro atoms. The van der Waals surface area contributed by atoms with Crippen molar-refractivity contribution in [2.45, 2.75) is 0 Å². The fourth-order valence-corrected chi connectivity index (χ4v) is 1.60. The highest BCUT2D eigenvalue weighted by atomic mass is 79.9. The normalized spacial score (nSPS) is 10.0. The number of rotatable bonds is 6. The number of hydrogen-bond donors (Lipinski definition) is 3. The van der Waals surface area contributed by atoms with E-state index in [4.69, 9.17) is 10.5 Å². The lowest BCUT2D eigenvalue weighted by atomic mass is 10.2. The maximum absolute atomic E-state index is 11.4. The Hall–Kier alpha value is -1.27. The minimum Gasteiger partial charge on any atom is -0.397 e. The number of amides is 1. The average Bonchev–Trinajstić information content (AvgIpc) is 2.28. The van der Waals surface area contributed by atoms with Gasteiger partial charge >= 0.3 is 0 Å². The van der Waals surface area contributed by atoms with Gasteiger partial charge in [0.2, 0.25) is 5.91 Å². The lowest BCUT2D eigenvalue weighted by molar-refractivity contribution is -0.119. The predicted molar refractivity (Wildman–Crippen MR) is 71.9 cm³/mol. The van der Waals surface area contributed by atoms with Crippen LogP contribution >= 0.6 is 15.9 Å². The quantitative estimate of drug-likeness (QED) is 0.545. The van der Waals surface area contributed by atoms with Crippen LogP contribution in [0, 0.1) is 0 Å². The Kier molecular flexibility index (Phi) is 5.79. The topological polar surface area (TPSA) is 76.4 Å². The molecular weight excluding hydrogens is 286 g/mol. The average molecular weight is 302 g/mol. The van der Waals surface area contributed by atoms with Crippen LogP contribution in [0.5, 0.6) is 0 Å². The van der Waals surface area contributed by atoms with E-state index in [0.717, 1.165) is 10.2 Å². The smallest absolute Gasteiger partial charge is 0.239 e. The van der Waals surface area contributed by atoms with Crippen LogP contribution in [0.4, 0.5) is 11.4 Å². The first-order valence-electron chi connectivity index (χ1n) is 5.18. The number of anilines is 2. The lowest BCUT2D eigenvalue weighted by Gasteiger charge is -2.09. The summed E-state index contributed by atoms with van der Waals surface area (Å²) in [6, 6.07) is 5.47. The highest BCUT2D eigenvalue weighted by molar-refractivity contribution is 9.10. The third kappa shape index (κ3) is 5.06. The Morgan fingerprint density at radius 1 is 1.53 bits per heavy atom. The molecule has 1 amide bonds. The van der Waals surface area contributed by atoms with Gasteiger partial charge in [-0.05, 0) is 18.2 Å². The zero-order chi connectivity index (χ0) is 12.7. The second-order valence-corrected chi connectivity index (χ2v) is 4.34. The SMILES string of the molecule is COCCNC(=O)CNc1ccc(Br)cc1N. The zero-order valence-electron chi connectivity index (χ0n) is 9.63. The van der Waals surface area contributed by atoms with Crippen LogP contribution < -0.4 is 16.4 Å². The number of halogens is 1. The van der Waals surface area contributed by atoms with Crippen molar-refractivity contribution in [2.24, 2.45) is 0 Å². The molecule has 0 radical (unpaired) electrons. The van der Waals surface area contributed by atoms with E-state index in [-0.39, 0.29) is 12.5 Å². The minimum atomic E-state index is -0.0932. The van der Waals surface area contributed by atoms with Crippen molar-refractivity contribution in [3.8, 4) is 0 Å². The van der Waals surface area contributed by atoms with Gasteiger partial charge < -0.3 is 21.1 Å². The molecule has 0 saturated carbocycles. The molecule has 0 aliphatic carbocycles. The van der Waals surface area contributed by atoms with Crippen molar-refractivity contribution < 1.29 is 9.53 Å². The van der Waals surface area contributed by atoms with Crippen LogP contribution in [-0.4, -0.2) is 32.7 Å². The van der Waals surface area contributed by atoms with E-state index in [1.165, 1.54) is 0 Å². The molecule has 1 rings (SSSR count). The molecule has 1 aromatic carbocycles. The summed E-state index contributed by atoms with van der Waals surface area (Å²) in [6.45, 7) is 1.20. The molecule has 0 aliphatic heterocycles. The molecule has 0 aliphatic rings. The van der Waals surface area contributed by atoms with Crippen molar-refractivity contribution in [1.82, 2.24) is 5.32 Å². The number of hydrogen-bond acceptors (Lipinski definition) is 4. The lowest BCUT2D eigenvalue weighted by Crippen LogP contribution is -2.32. The van der Waals surface area contributed by atoms with Crippen molar-refractivity contribution >= 4 is 33.2 Å². The summed E-state index contributed by atoms with van der Waals surface area (Å²) in [5.41, 5.74) is 7.13. The molecule has 0 aromatic heterocycles. The van der Waals surface area contributed by atoms with Gasteiger partial charge in [0.05, 0.1) is 24.5 Å². The van der Waals surface area contributed by atoms with Gasteiger partial charge in [-0.1, -0.05) is 15.9 Å². The summed E-state index contributed by atoms with van der Waals surface area (Å²) in [6.07, 6.45) is 0. The van der Waals surface area contributed by atoms with Gasteiger partial charge in [-0.2, -0.15) is 0 Å². The van der Waals surface area contributed by atoms with Gasteiger partial charge in [-0.25, -0.2) is 0 Å². The predicted octanol–water partition coefficient (Wildman–Crippen LogP) is 1.21. The van der Waals surface area contributed by atoms with E-state index >= 15 is 0 Å². The highest BCUT2D eigenvalue weighted by Crippen LogP contribution is 2.22. The Morgan fingerprint density at radius 3 is 2.94 bits per heavy atom. The van der Waals surface area contributed by atoms with Crippen LogP contribution in [0.25, 0.3) is 0 Å². The molecule has 0 saturated heterocycles. The fourth-order valence-electron chi connectivity index (χ4n) is 1.23. The molecule has 0 atom stereocenters. The van der Waals surface area contributed by atoms with Crippen LogP contribution in [0.1, 0.15) is 0 Å². The van der Waals surface area contributed by atoms with Crippen molar-refractivity contribution in [2.75, 3.05) is 37.9 Å². The Labute approximate surface area is 109 Å².